The monoisotopic (exact) mass is 270 g/mol. The van der Waals surface area contributed by atoms with E-state index in [-0.39, 0.29) is 5.91 Å². The maximum absolute atomic E-state index is 11.8. The number of nitrogens with two attached hydrogens (primary N) is 1. The number of carbonyl (C=O) groups excluding carboxylic acids is 1. The van der Waals surface area contributed by atoms with Gasteiger partial charge in [-0.05, 0) is 60.8 Å². The summed E-state index contributed by atoms with van der Waals surface area (Å²) in [6.45, 7) is 0.839. The summed E-state index contributed by atoms with van der Waals surface area (Å²) >= 11 is 0. The largest absolute Gasteiger partial charge is 0.399 e. The molecule has 1 aromatic carbocycles. The maximum Gasteiger partial charge on any atom is 0.244 e. The second-order valence-electron chi connectivity index (χ2n) is 6.18. The van der Waals surface area contributed by atoms with Gasteiger partial charge in [0.2, 0.25) is 5.91 Å². The Bertz CT molecular complexity index is 506. The minimum absolute atomic E-state index is 0.00426. The molecule has 3 heteroatoms. The van der Waals surface area contributed by atoms with Crippen LogP contribution < -0.4 is 11.1 Å². The molecule has 20 heavy (non-hydrogen) atoms. The Morgan fingerprint density at radius 3 is 2.70 bits per heavy atom. The number of hydrogen-bond donors (Lipinski definition) is 2. The first-order valence-electron chi connectivity index (χ1n) is 7.52. The van der Waals surface area contributed by atoms with E-state index in [2.05, 4.69) is 5.32 Å². The van der Waals surface area contributed by atoms with Gasteiger partial charge < -0.3 is 11.1 Å². The van der Waals surface area contributed by atoms with Gasteiger partial charge >= 0.3 is 0 Å². The Kier molecular flexibility index (Phi) is 3.77. The summed E-state index contributed by atoms with van der Waals surface area (Å²) < 4.78 is 0. The molecule has 2 bridgehead atoms. The van der Waals surface area contributed by atoms with Crippen molar-refractivity contribution in [3.05, 3.63) is 35.9 Å². The molecule has 1 amide bonds. The molecular weight excluding hydrogens is 248 g/mol. The van der Waals surface area contributed by atoms with E-state index < -0.39 is 0 Å². The fourth-order valence-corrected chi connectivity index (χ4v) is 3.70. The molecule has 3 atom stereocenters. The zero-order valence-corrected chi connectivity index (χ0v) is 11.7. The normalized spacial score (nSPS) is 28.1. The van der Waals surface area contributed by atoms with E-state index in [0.29, 0.717) is 5.92 Å². The number of amides is 1. The minimum Gasteiger partial charge on any atom is -0.399 e. The zero-order valence-electron chi connectivity index (χ0n) is 11.7. The van der Waals surface area contributed by atoms with Crippen molar-refractivity contribution >= 4 is 17.7 Å². The lowest BCUT2D eigenvalue weighted by atomic mass is 9.89. The van der Waals surface area contributed by atoms with Gasteiger partial charge in [-0.15, -0.1) is 0 Å². The van der Waals surface area contributed by atoms with Crippen LogP contribution in [-0.4, -0.2) is 12.5 Å². The summed E-state index contributed by atoms with van der Waals surface area (Å²) in [6, 6.07) is 7.50. The molecule has 2 aliphatic rings. The van der Waals surface area contributed by atoms with E-state index in [9.17, 15) is 4.79 Å². The molecule has 0 aromatic heterocycles. The van der Waals surface area contributed by atoms with E-state index in [1.165, 1.54) is 25.7 Å². The molecular formula is C17H22N2O. The van der Waals surface area contributed by atoms with Gasteiger partial charge in [0.25, 0.3) is 0 Å². The molecule has 0 heterocycles. The fourth-order valence-electron chi connectivity index (χ4n) is 3.70. The summed E-state index contributed by atoms with van der Waals surface area (Å²) in [5, 5.41) is 3.04. The van der Waals surface area contributed by atoms with E-state index in [4.69, 9.17) is 5.73 Å². The van der Waals surface area contributed by atoms with E-state index in [1.807, 2.05) is 30.3 Å². The molecule has 3 unspecified atom stereocenters. The van der Waals surface area contributed by atoms with Crippen LogP contribution in [0.5, 0.6) is 0 Å². The summed E-state index contributed by atoms with van der Waals surface area (Å²) in [6.07, 6.45) is 8.92. The summed E-state index contributed by atoms with van der Waals surface area (Å²) in [5.74, 6) is 2.51. The molecule has 3 N–H and O–H groups in total. The quantitative estimate of drug-likeness (QED) is 0.653. The molecule has 0 aliphatic heterocycles. The standard InChI is InChI=1S/C17H22N2O/c18-16-6-2-12(3-7-16)4-8-17(20)19-11-15-10-13-1-5-14(15)9-13/h2-4,6-8,13-15H,1,5,9-11,18H2,(H,19,20)/b8-4+. The van der Waals surface area contributed by atoms with Gasteiger partial charge in [-0.3, -0.25) is 4.79 Å². The van der Waals surface area contributed by atoms with Crippen molar-refractivity contribution in [1.82, 2.24) is 5.32 Å². The number of anilines is 1. The first-order chi connectivity index (χ1) is 9.70. The van der Waals surface area contributed by atoms with Crippen LogP contribution in [0.3, 0.4) is 0 Å². The van der Waals surface area contributed by atoms with E-state index in [0.717, 1.165) is 29.6 Å². The molecule has 3 nitrogen and oxygen atoms in total. The van der Waals surface area contributed by atoms with Gasteiger partial charge in [0.15, 0.2) is 0 Å². The highest BCUT2D eigenvalue weighted by atomic mass is 16.1. The van der Waals surface area contributed by atoms with Crippen molar-refractivity contribution in [2.24, 2.45) is 17.8 Å². The van der Waals surface area contributed by atoms with E-state index in [1.54, 1.807) is 6.08 Å². The van der Waals surface area contributed by atoms with Crippen LogP contribution in [0.4, 0.5) is 5.69 Å². The summed E-state index contributed by atoms with van der Waals surface area (Å²) in [5.41, 5.74) is 7.36. The molecule has 2 aliphatic carbocycles. The van der Waals surface area contributed by atoms with Crippen LogP contribution in [0, 0.1) is 17.8 Å². The van der Waals surface area contributed by atoms with Crippen molar-refractivity contribution in [1.29, 1.82) is 0 Å². The van der Waals surface area contributed by atoms with Crippen molar-refractivity contribution in [3.63, 3.8) is 0 Å². The number of nitrogen functional groups attached to an aromatic ring is 1. The highest BCUT2D eigenvalue weighted by Gasteiger charge is 2.39. The number of nitrogens with one attached hydrogen (secondary N) is 1. The third-order valence-electron chi connectivity index (χ3n) is 4.79. The fraction of sp³-hybridized carbons (Fsp3) is 0.471. The number of fused-ring (bicyclic) bond motifs is 2. The predicted molar refractivity (Wildman–Crippen MR) is 81.8 cm³/mol. The average Bonchev–Trinajstić information content (AvgIpc) is 3.07. The topological polar surface area (TPSA) is 55.1 Å². The molecule has 106 valence electrons. The first kappa shape index (κ1) is 13.2. The Morgan fingerprint density at radius 2 is 2.05 bits per heavy atom. The molecule has 1 aromatic rings. The molecule has 3 rings (SSSR count). The van der Waals surface area contributed by atoms with Crippen LogP contribution in [0.1, 0.15) is 31.2 Å². The Hall–Kier alpha value is -1.77. The zero-order chi connectivity index (χ0) is 13.9. The van der Waals surface area contributed by atoms with E-state index >= 15 is 0 Å². The van der Waals surface area contributed by atoms with Crippen LogP contribution in [0.15, 0.2) is 30.3 Å². The second kappa shape index (κ2) is 5.70. The van der Waals surface area contributed by atoms with Crippen molar-refractivity contribution in [3.8, 4) is 0 Å². The lowest BCUT2D eigenvalue weighted by molar-refractivity contribution is -0.116. The molecule has 2 fully saturated rings. The van der Waals surface area contributed by atoms with Crippen LogP contribution in [0.25, 0.3) is 6.08 Å². The summed E-state index contributed by atoms with van der Waals surface area (Å²) in [4.78, 5) is 11.8. The maximum atomic E-state index is 11.8. The molecule has 0 radical (unpaired) electrons. The Morgan fingerprint density at radius 1 is 1.25 bits per heavy atom. The lowest BCUT2D eigenvalue weighted by Gasteiger charge is -2.21. The van der Waals surface area contributed by atoms with Crippen LogP contribution >= 0.6 is 0 Å². The number of benzene rings is 1. The van der Waals surface area contributed by atoms with Gasteiger partial charge in [0.1, 0.15) is 0 Å². The number of carbonyl (C=O) groups is 1. The lowest BCUT2D eigenvalue weighted by Crippen LogP contribution is -2.30. The molecule has 2 saturated carbocycles. The third kappa shape index (κ3) is 3.03. The Balaban J connectivity index is 1.46. The highest BCUT2D eigenvalue weighted by molar-refractivity contribution is 5.91. The summed E-state index contributed by atoms with van der Waals surface area (Å²) in [7, 11) is 0. The van der Waals surface area contributed by atoms with Gasteiger partial charge in [0.05, 0.1) is 0 Å². The smallest absolute Gasteiger partial charge is 0.244 e. The van der Waals surface area contributed by atoms with Gasteiger partial charge in [-0.2, -0.15) is 0 Å². The highest BCUT2D eigenvalue weighted by Crippen LogP contribution is 2.47. The van der Waals surface area contributed by atoms with Gasteiger partial charge in [0, 0.05) is 18.3 Å². The third-order valence-corrected chi connectivity index (χ3v) is 4.79. The minimum atomic E-state index is 0.00426. The van der Waals surface area contributed by atoms with Gasteiger partial charge in [-0.1, -0.05) is 18.6 Å². The predicted octanol–water partition coefficient (Wildman–Crippen LogP) is 2.83. The van der Waals surface area contributed by atoms with Crippen LogP contribution in [-0.2, 0) is 4.79 Å². The number of hydrogen-bond acceptors (Lipinski definition) is 2. The van der Waals surface area contributed by atoms with Crippen molar-refractivity contribution < 1.29 is 4.79 Å². The molecule has 0 saturated heterocycles. The molecule has 0 spiro atoms. The first-order valence-corrected chi connectivity index (χ1v) is 7.52. The Labute approximate surface area is 120 Å². The van der Waals surface area contributed by atoms with Crippen molar-refractivity contribution in [2.45, 2.75) is 25.7 Å². The van der Waals surface area contributed by atoms with Crippen molar-refractivity contribution in [2.75, 3.05) is 12.3 Å². The SMILES string of the molecule is Nc1ccc(/C=C/C(=O)NCC2CC3CCC2C3)cc1. The second-order valence-corrected chi connectivity index (χ2v) is 6.18. The average molecular weight is 270 g/mol. The number of rotatable bonds is 4. The van der Waals surface area contributed by atoms with Crippen LogP contribution in [0.2, 0.25) is 0 Å². The van der Waals surface area contributed by atoms with Gasteiger partial charge in [-0.25, -0.2) is 0 Å².